The Hall–Kier alpha value is -0.970. The maximum atomic E-state index is 8.66. The lowest BCUT2D eigenvalue weighted by Gasteiger charge is -2.06. The third-order valence-electron chi connectivity index (χ3n) is 0.732. The summed E-state index contributed by atoms with van der Waals surface area (Å²) < 4.78 is 4.40. The lowest BCUT2D eigenvalue weighted by Crippen LogP contribution is -1.96. The first-order valence-electron chi connectivity index (χ1n) is 2.07. The molecule has 0 atom stereocenters. The minimum absolute atomic E-state index is 0.435. The van der Waals surface area contributed by atoms with Gasteiger partial charge in [0.15, 0.2) is 5.76 Å². The molecule has 0 radical (unpaired) electrons. The van der Waals surface area contributed by atoms with Gasteiger partial charge in [-0.2, -0.15) is 0 Å². The van der Waals surface area contributed by atoms with Gasteiger partial charge in [-0.05, 0) is 0 Å². The van der Waals surface area contributed by atoms with Crippen molar-refractivity contribution in [3.05, 3.63) is 22.9 Å². The van der Waals surface area contributed by atoms with E-state index in [1.807, 2.05) is 0 Å². The zero-order valence-electron chi connectivity index (χ0n) is 4.24. The van der Waals surface area contributed by atoms with Gasteiger partial charge >= 0.3 is 0 Å². The van der Waals surface area contributed by atoms with Crippen molar-refractivity contribution in [2.75, 3.05) is 0 Å². The molecule has 3 N–H and O–H groups in total. The van der Waals surface area contributed by atoms with Crippen LogP contribution in [0.25, 0.3) is 0 Å². The lowest BCUT2D eigenvalue weighted by molar-refractivity contribution is 0.278. The molecular weight excluding hydrogens is 144 g/mol. The van der Waals surface area contributed by atoms with E-state index in [0.717, 1.165) is 6.26 Å². The predicted octanol–water partition coefficient (Wildman–Crippen LogP) is 1.35. The van der Waals surface area contributed by atoms with Crippen LogP contribution in [0.1, 0.15) is 0 Å². The van der Waals surface area contributed by atoms with Crippen molar-refractivity contribution < 1.29 is 19.5 Å². The van der Waals surface area contributed by atoms with E-state index in [9.17, 15) is 0 Å². The summed E-state index contributed by atoms with van der Waals surface area (Å²) in [6.07, 6.45) is 0.930. The van der Waals surface area contributed by atoms with Gasteiger partial charge in [0.25, 0.3) is 0 Å². The summed E-state index contributed by atoms with van der Waals surface area (Å²) >= 11 is 0.579. The second kappa shape index (κ2) is 2.10. The summed E-state index contributed by atoms with van der Waals surface area (Å²) in [5, 5.41) is 25.4. The summed E-state index contributed by atoms with van der Waals surface area (Å²) in [6.45, 7) is 0. The molecule has 0 saturated carbocycles. The quantitative estimate of drug-likeness (QED) is 0.452. The highest BCUT2D eigenvalue weighted by Gasteiger charge is 2.15. The van der Waals surface area contributed by atoms with Crippen molar-refractivity contribution in [3.63, 3.8) is 0 Å². The van der Waals surface area contributed by atoms with Crippen LogP contribution in [-0.2, 0) is 4.18 Å². The summed E-state index contributed by atoms with van der Waals surface area (Å²) in [5.74, 6) is -1.02. The molecule has 0 aromatic rings. The fourth-order valence-corrected chi connectivity index (χ4v) is 0.734. The highest BCUT2D eigenvalue weighted by molar-refractivity contribution is 7.98. The standard InChI is InChI=1S/C4H4O4S/c5-2-1-8-9-4(7)3(2)6/h1,5-7H. The number of aliphatic hydroxyl groups excluding tert-OH is 3. The molecule has 9 heavy (non-hydrogen) atoms. The Balaban J connectivity index is 2.88. The summed E-state index contributed by atoms with van der Waals surface area (Å²) in [7, 11) is 0. The number of aliphatic hydroxyl groups is 3. The normalized spacial score (nSPS) is 18.9. The van der Waals surface area contributed by atoms with Gasteiger partial charge in [0.1, 0.15) is 18.3 Å². The zero-order valence-corrected chi connectivity index (χ0v) is 5.05. The summed E-state index contributed by atoms with van der Waals surface area (Å²) in [5.41, 5.74) is 0. The molecular formula is C4H4O4S. The van der Waals surface area contributed by atoms with Crippen molar-refractivity contribution in [1.82, 2.24) is 0 Å². The Labute approximate surface area is 55.3 Å². The molecule has 1 aliphatic rings. The van der Waals surface area contributed by atoms with Gasteiger partial charge in [-0.15, -0.1) is 0 Å². The van der Waals surface area contributed by atoms with Gasteiger partial charge in [0.05, 0.1) is 0 Å². The maximum absolute atomic E-state index is 8.66. The third kappa shape index (κ3) is 1.05. The van der Waals surface area contributed by atoms with Gasteiger partial charge in [-0.3, -0.25) is 0 Å². The molecule has 0 bridgehead atoms. The molecule has 0 spiro atoms. The fraction of sp³-hybridized carbons (Fsp3) is 0. The number of hydrogen-bond acceptors (Lipinski definition) is 5. The van der Waals surface area contributed by atoms with E-state index >= 15 is 0 Å². The Kier molecular flexibility index (Phi) is 1.44. The average molecular weight is 148 g/mol. The van der Waals surface area contributed by atoms with Crippen molar-refractivity contribution in [1.29, 1.82) is 0 Å². The highest BCUT2D eigenvalue weighted by Crippen LogP contribution is 2.25. The molecule has 4 nitrogen and oxygen atoms in total. The SMILES string of the molecule is OC1=COSC(O)=C1O. The predicted molar refractivity (Wildman–Crippen MR) is 31.7 cm³/mol. The van der Waals surface area contributed by atoms with Crippen LogP contribution in [0.2, 0.25) is 0 Å². The first-order valence-corrected chi connectivity index (χ1v) is 2.81. The minimum Gasteiger partial charge on any atom is -0.502 e. The molecule has 0 saturated heterocycles. The molecule has 0 aromatic carbocycles. The van der Waals surface area contributed by atoms with E-state index in [0.29, 0.717) is 12.0 Å². The van der Waals surface area contributed by atoms with Gasteiger partial charge in [-0.25, -0.2) is 0 Å². The first kappa shape index (κ1) is 6.15. The van der Waals surface area contributed by atoms with Crippen LogP contribution in [0.3, 0.4) is 0 Å². The van der Waals surface area contributed by atoms with Gasteiger partial charge in [0, 0.05) is 0 Å². The van der Waals surface area contributed by atoms with Crippen LogP contribution < -0.4 is 0 Å². The van der Waals surface area contributed by atoms with E-state index in [1.54, 1.807) is 0 Å². The second-order valence-corrected chi connectivity index (χ2v) is 2.08. The van der Waals surface area contributed by atoms with Gasteiger partial charge < -0.3 is 19.5 Å². The molecule has 50 valence electrons. The van der Waals surface area contributed by atoms with E-state index in [4.69, 9.17) is 15.3 Å². The summed E-state index contributed by atoms with van der Waals surface area (Å²) in [6, 6.07) is 0. The molecule has 0 aliphatic carbocycles. The molecule has 1 heterocycles. The van der Waals surface area contributed by atoms with Gasteiger partial charge in [0.2, 0.25) is 10.9 Å². The Morgan fingerprint density at radius 2 is 2.00 bits per heavy atom. The van der Waals surface area contributed by atoms with Gasteiger partial charge in [-0.1, -0.05) is 0 Å². The highest BCUT2D eigenvalue weighted by atomic mass is 32.2. The van der Waals surface area contributed by atoms with E-state index in [1.165, 1.54) is 0 Å². The molecule has 1 aliphatic heterocycles. The molecule has 0 fully saturated rings. The first-order chi connectivity index (χ1) is 4.22. The largest absolute Gasteiger partial charge is 0.502 e. The Bertz CT molecular complexity index is 183. The van der Waals surface area contributed by atoms with Crippen molar-refractivity contribution >= 4 is 12.0 Å². The monoisotopic (exact) mass is 148 g/mol. The number of rotatable bonds is 0. The van der Waals surface area contributed by atoms with E-state index in [-0.39, 0.29) is 0 Å². The van der Waals surface area contributed by atoms with Crippen LogP contribution >= 0.6 is 12.0 Å². The topological polar surface area (TPSA) is 69.9 Å². The van der Waals surface area contributed by atoms with Crippen LogP contribution in [-0.4, -0.2) is 15.3 Å². The van der Waals surface area contributed by atoms with E-state index in [2.05, 4.69) is 4.18 Å². The average Bonchev–Trinajstić information content (AvgIpc) is 1.83. The molecule has 0 unspecified atom stereocenters. The molecule has 1 rings (SSSR count). The Morgan fingerprint density at radius 3 is 2.44 bits per heavy atom. The molecule has 0 amide bonds. The van der Waals surface area contributed by atoms with Crippen molar-refractivity contribution in [2.24, 2.45) is 0 Å². The van der Waals surface area contributed by atoms with Crippen molar-refractivity contribution in [3.8, 4) is 0 Å². The van der Waals surface area contributed by atoms with Crippen molar-refractivity contribution in [2.45, 2.75) is 0 Å². The van der Waals surface area contributed by atoms with Crippen LogP contribution in [0, 0.1) is 0 Å². The second-order valence-electron chi connectivity index (χ2n) is 1.34. The lowest BCUT2D eigenvalue weighted by atomic mass is 10.5. The number of hydrogen-bond donors (Lipinski definition) is 3. The molecule has 0 aromatic heterocycles. The fourth-order valence-electron chi connectivity index (χ4n) is 0.320. The minimum atomic E-state index is -0.550. The maximum Gasteiger partial charge on any atom is 0.237 e. The van der Waals surface area contributed by atoms with E-state index < -0.39 is 16.6 Å². The third-order valence-corrected chi connectivity index (χ3v) is 1.28. The molecule has 5 heteroatoms. The smallest absolute Gasteiger partial charge is 0.237 e. The van der Waals surface area contributed by atoms with Crippen LogP contribution in [0.4, 0.5) is 0 Å². The summed E-state index contributed by atoms with van der Waals surface area (Å²) in [4.78, 5) is 0. The van der Waals surface area contributed by atoms with Crippen LogP contribution in [0.5, 0.6) is 0 Å². The zero-order chi connectivity index (χ0) is 6.85. The Morgan fingerprint density at radius 1 is 1.33 bits per heavy atom. The van der Waals surface area contributed by atoms with Crippen LogP contribution in [0.15, 0.2) is 22.9 Å².